The first-order chi connectivity index (χ1) is 8.54. The predicted molar refractivity (Wildman–Crippen MR) is 78.3 cm³/mol. The molecular formula is C13H15IN2O2. The molecule has 1 aliphatic rings. The first-order valence-electron chi connectivity index (χ1n) is 5.93. The first kappa shape index (κ1) is 13.3. The Labute approximate surface area is 120 Å². The number of nitrogens with zero attached hydrogens (tertiary/aromatic N) is 1. The smallest absolute Gasteiger partial charge is 0.250 e. The maximum absolute atomic E-state index is 12.3. The van der Waals surface area contributed by atoms with E-state index in [1.807, 2.05) is 31.2 Å². The molecular weight excluding hydrogens is 343 g/mol. The molecule has 1 fully saturated rings. The van der Waals surface area contributed by atoms with Gasteiger partial charge >= 0.3 is 0 Å². The highest BCUT2D eigenvalue weighted by atomic mass is 127. The highest BCUT2D eigenvalue weighted by Crippen LogP contribution is 2.23. The number of halogens is 1. The molecule has 0 saturated carbocycles. The molecule has 0 spiro atoms. The molecule has 2 rings (SSSR count). The van der Waals surface area contributed by atoms with Crippen molar-refractivity contribution in [2.24, 2.45) is 0 Å². The maximum Gasteiger partial charge on any atom is 0.250 e. The summed E-state index contributed by atoms with van der Waals surface area (Å²) >= 11 is 2.21. The molecule has 0 aliphatic carbocycles. The number of benzene rings is 1. The van der Waals surface area contributed by atoms with Gasteiger partial charge in [-0.2, -0.15) is 0 Å². The monoisotopic (exact) mass is 358 g/mol. The standard InChI is InChI=1S/C13H15IN2O2/c1-3-11-13(18)16(8(2)12(17)15-11)10-6-4-9(14)5-7-10/h4-8,11H,3H2,1-2H3,(H,15,17). The Hall–Kier alpha value is -1.11. The largest absolute Gasteiger partial charge is 0.343 e. The summed E-state index contributed by atoms with van der Waals surface area (Å²) in [6.45, 7) is 3.64. The fourth-order valence-electron chi connectivity index (χ4n) is 2.06. The van der Waals surface area contributed by atoms with Crippen molar-refractivity contribution in [1.82, 2.24) is 5.32 Å². The predicted octanol–water partition coefficient (Wildman–Crippen LogP) is 1.92. The summed E-state index contributed by atoms with van der Waals surface area (Å²) in [5, 5.41) is 2.75. The Morgan fingerprint density at radius 2 is 1.89 bits per heavy atom. The lowest BCUT2D eigenvalue weighted by Gasteiger charge is -2.37. The van der Waals surface area contributed by atoms with E-state index in [0.717, 1.165) is 9.26 Å². The van der Waals surface area contributed by atoms with Crippen molar-refractivity contribution in [2.75, 3.05) is 4.90 Å². The number of piperazine rings is 1. The van der Waals surface area contributed by atoms with Crippen LogP contribution in [0.1, 0.15) is 20.3 Å². The van der Waals surface area contributed by atoms with E-state index >= 15 is 0 Å². The van der Waals surface area contributed by atoms with Crippen molar-refractivity contribution < 1.29 is 9.59 Å². The Kier molecular flexibility index (Phi) is 3.89. The number of hydrogen-bond acceptors (Lipinski definition) is 2. The Morgan fingerprint density at radius 1 is 1.28 bits per heavy atom. The summed E-state index contributed by atoms with van der Waals surface area (Å²) in [5.41, 5.74) is 0.779. The van der Waals surface area contributed by atoms with E-state index in [9.17, 15) is 9.59 Å². The second-order valence-electron chi connectivity index (χ2n) is 4.33. The highest BCUT2D eigenvalue weighted by Gasteiger charge is 2.37. The van der Waals surface area contributed by atoms with Crippen LogP contribution in [0, 0.1) is 3.57 Å². The highest BCUT2D eigenvalue weighted by molar-refractivity contribution is 14.1. The lowest BCUT2D eigenvalue weighted by molar-refractivity contribution is -0.133. The van der Waals surface area contributed by atoms with E-state index in [4.69, 9.17) is 0 Å². The molecule has 1 N–H and O–H groups in total. The van der Waals surface area contributed by atoms with Gasteiger partial charge in [0.05, 0.1) is 0 Å². The van der Waals surface area contributed by atoms with Crippen LogP contribution in [-0.2, 0) is 9.59 Å². The number of amides is 2. The van der Waals surface area contributed by atoms with Gasteiger partial charge in [0.25, 0.3) is 0 Å². The SMILES string of the molecule is CCC1NC(=O)C(C)N(c2ccc(I)cc2)C1=O. The normalized spacial score (nSPS) is 24.1. The van der Waals surface area contributed by atoms with Gasteiger partial charge in [-0.15, -0.1) is 0 Å². The summed E-state index contributed by atoms with van der Waals surface area (Å²) < 4.78 is 1.10. The molecule has 0 radical (unpaired) electrons. The molecule has 18 heavy (non-hydrogen) atoms. The Balaban J connectivity index is 2.36. The average Bonchev–Trinajstić information content (AvgIpc) is 2.36. The molecule has 1 aliphatic heterocycles. The second kappa shape index (κ2) is 5.26. The molecule has 2 atom stereocenters. The molecule has 0 bridgehead atoms. The van der Waals surface area contributed by atoms with Crippen LogP contribution in [0.2, 0.25) is 0 Å². The third-order valence-electron chi connectivity index (χ3n) is 3.13. The fourth-order valence-corrected chi connectivity index (χ4v) is 2.42. The molecule has 5 heteroatoms. The van der Waals surface area contributed by atoms with Gasteiger partial charge in [-0.05, 0) is 60.2 Å². The summed E-state index contributed by atoms with van der Waals surface area (Å²) in [5.74, 6) is -0.134. The van der Waals surface area contributed by atoms with Crippen molar-refractivity contribution in [1.29, 1.82) is 0 Å². The van der Waals surface area contributed by atoms with E-state index in [2.05, 4.69) is 27.9 Å². The van der Waals surface area contributed by atoms with Gasteiger partial charge in [-0.3, -0.25) is 14.5 Å². The van der Waals surface area contributed by atoms with E-state index in [1.54, 1.807) is 11.8 Å². The number of nitrogens with one attached hydrogen (secondary N) is 1. The van der Waals surface area contributed by atoms with Gasteiger partial charge < -0.3 is 5.32 Å². The number of carbonyl (C=O) groups is 2. The summed E-state index contributed by atoms with van der Waals surface area (Å²) in [7, 11) is 0. The molecule has 4 nitrogen and oxygen atoms in total. The zero-order valence-electron chi connectivity index (χ0n) is 10.3. The van der Waals surface area contributed by atoms with E-state index < -0.39 is 12.1 Å². The quantitative estimate of drug-likeness (QED) is 0.822. The van der Waals surface area contributed by atoms with E-state index in [-0.39, 0.29) is 11.8 Å². The van der Waals surface area contributed by atoms with E-state index in [0.29, 0.717) is 6.42 Å². The van der Waals surface area contributed by atoms with Crippen LogP contribution in [0.5, 0.6) is 0 Å². The van der Waals surface area contributed by atoms with Crippen molar-refractivity contribution in [3.8, 4) is 0 Å². The zero-order chi connectivity index (χ0) is 13.3. The maximum atomic E-state index is 12.3. The number of hydrogen-bond donors (Lipinski definition) is 1. The first-order valence-corrected chi connectivity index (χ1v) is 7.01. The van der Waals surface area contributed by atoms with Gasteiger partial charge in [-0.1, -0.05) is 6.92 Å². The third-order valence-corrected chi connectivity index (χ3v) is 3.85. The molecule has 0 aromatic heterocycles. The summed E-state index contributed by atoms with van der Waals surface area (Å²) in [6, 6.07) is 6.75. The molecule has 1 saturated heterocycles. The molecule has 2 amide bonds. The summed E-state index contributed by atoms with van der Waals surface area (Å²) in [4.78, 5) is 25.7. The Bertz CT molecular complexity index is 472. The average molecular weight is 358 g/mol. The molecule has 2 unspecified atom stereocenters. The van der Waals surface area contributed by atoms with Crippen LogP contribution in [0.25, 0.3) is 0 Å². The molecule has 96 valence electrons. The van der Waals surface area contributed by atoms with Gasteiger partial charge in [0.15, 0.2) is 0 Å². The van der Waals surface area contributed by atoms with Crippen LogP contribution in [-0.4, -0.2) is 23.9 Å². The van der Waals surface area contributed by atoms with Gasteiger partial charge in [-0.25, -0.2) is 0 Å². The van der Waals surface area contributed by atoms with Crippen molar-refractivity contribution in [3.05, 3.63) is 27.8 Å². The van der Waals surface area contributed by atoms with Crippen molar-refractivity contribution in [2.45, 2.75) is 32.4 Å². The summed E-state index contributed by atoms with van der Waals surface area (Å²) in [6.07, 6.45) is 0.609. The van der Waals surface area contributed by atoms with Crippen LogP contribution in [0.4, 0.5) is 5.69 Å². The second-order valence-corrected chi connectivity index (χ2v) is 5.58. The minimum absolute atomic E-state index is 0.0363. The van der Waals surface area contributed by atoms with Crippen molar-refractivity contribution in [3.63, 3.8) is 0 Å². The molecule has 1 aromatic rings. The van der Waals surface area contributed by atoms with Crippen LogP contribution in [0.15, 0.2) is 24.3 Å². The molecule has 1 aromatic carbocycles. The van der Waals surface area contributed by atoms with E-state index in [1.165, 1.54) is 0 Å². The van der Waals surface area contributed by atoms with Crippen LogP contribution < -0.4 is 10.2 Å². The van der Waals surface area contributed by atoms with Gasteiger partial charge in [0.2, 0.25) is 11.8 Å². The third kappa shape index (κ3) is 2.36. The number of carbonyl (C=O) groups excluding carboxylic acids is 2. The fraction of sp³-hybridized carbons (Fsp3) is 0.385. The topological polar surface area (TPSA) is 49.4 Å². The van der Waals surface area contributed by atoms with Gasteiger partial charge in [0, 0.05) is 9.26 Å². The van der Waals surface area contributed by atoms with Crippen molar-refractivity contribution >= 4 is 40.1 Å². The lowest BCUT2D eigenvalue weighted by atomic mass is 10.1. The zero-order valence-corrected chi connectivity index (χ0v) is 12.5. The lowest BCUT2D eigenvalue weighted by Crippen LogP contribution is -2.62. The van der Waals surface area contributed by atoms with Crippen LogP contribution in [0.3, 0.4) is 0 Å². The van der Waals surface area contributed by atoms with Crippen LogP contribution >= 0.6 is 22.6 Å². The number of anilines is 1. The van der Waals surface area contributed by atoms with Gasteiger partial charge in [0.1, 0.15) is 12.1 Å². The molecule has 1 heterocycles. The Morgan fingerprint density at radius 3 is 2.44 bits per heavy atom. The minimum atomic E-state index is -0.458. The number of rotatable bonds is 2. The minimum Gasteiger partial charge on any atom is -0.343 e.